The monoisotopic (exact) mass is 225 g/mol. The molecule has 0 amide bonds. The van der Waals surface area contributed by atoms with E-state index in [4.69, 9.17) is 16.3 Å². The molecule has 82 valence electrons. The Labute approximate surface area is 95.6 Å². The summed E-state index contributed by atoms with van der Waals surface area (Å²) in [4.78, 5) is 0. The molecule has 1 saturated heterocycles. The summed E-state index contributed by atoms with van der Waals surface area (Å²) < 4.78 is 5.53. The van der Waals surface area contributed by atoms with Crippen molar-refractivity contribution in [3.8, 4) is 0 Å². The van der Waals surface area contributed by atoms with Crippen molar-refractivity contribution in [1.82, 2.24) is 5.32 Å². The largest absolute Gasteiger partial charge is 0.377 e. The second-order valence-electron chi connectivity index (χ2n) is 3.86. The van der Waals surface area contributed by atoms with Crippen molar-refractivity contribution in [2.45, 2.75) is 25.5 Å². The lowest BCUT2D eigenvalue weighted by Crippen LogP contribution is -2.25. The van der Waals surface area contributed by atoms with Gasteiger partial charge in [0, 0.05) is 24.7 Å². The van der Waals surface area contributed by atoms with Crippen LogP contribution in [-0.4, -0.2) is 19.3 Å². The molecular formula is C12H16ClNO. The van der Waals surface area contributed by atoms with Crippen LogP contribution in [0.25, 0.3) is 0 Å². The standard InChI is InChI=1S/C12H16ClNO/c13-12-6-2-1-4-10(12)8-14-9-11-5-3-7-15-11/h1-2,4,6,11,14H,3,5,7-9H2/t11-/m0/s1. The summed E-state index contributed by atoms with van der Waals surface area (Å²) in [5, 5.41) is 4.21. The van der Waals surface area contributed by atoms with E-state index in [0.29, 0.717) is 6.10 Å². The molecule has 1 N–H and O–H groups in total. The summed E-state index contributed by atoms with van der Waals surface area (Å²) in [6.07, 6.45) is 2.76. The smallest absolute Gasteiger partial charge is 0.0700 e. The van der Waals surface area contributed by atoms with Crippen molar-refractivity contribution in [2.24, 2.45) is 0 Å². The molecule has 1 aliphatic rings. The highest BCUT2D eigenvalue weighted by Crippen LogP contribution is 2.15. The van der Waals surface area contributed by atoms with Crippen LogP contribution < -0.4 is 5.32 Å². The third kappa shape index (κ3) is 3.20. The highest BCUT2D eigenvalue weighted by atomic mass is 35.5. The average Bonchev–Trinajstić information content (AvgIpc) is 2.74. The summed E-state index contributed by atoms with van der Waals surface area (Å²) in [5.41, 5.74) is 1.15. The van der Waals surface area contributed by atoms with Gasteiger partial charge < -0.3 is 10.1 Å². The lowest BCUT2D eigenvalue weighted by Gasteiger charge is -2.11. The minimum absolute atomic E-state index is 0.396. The summed E-state index contributed by atoms with van der Waals surface area (Å²) >= 11 is 6.05. The summed E-state index contributed by atoms with van der Waals surface area (Å²) in [5.74, 6) is 0. The molecule has 0 bridgehead atoms. The van der Waals surface area contributed by atoms with Crippen LogP contribution in [0.15, 0.2) is 24.3 Å². The number of hydrogen-bond donors (Lipinski definition) is 1. The van der Waals surface area contributed by atoms with Crippen LogP contribution in [0.5, 0.6) is 0 Å². The van der Waals surface area contributed by atoms with Gasteiger partial charge in [-0.15, -0.1) is 0 Å². The summed E-state index contributed by atoms with van der Waals surface area (Å²) in [6, 6.07) is 7.93. The van der Waals surface area contributed by atoms with Crippen LogP contribution in [0.2, 0.25) is 5.02 Å². The summed E-state index contributed by atoms with van der Waals surface area (Å²) in [7, 11) is 0. The Morgan fingerprint density at radius 1 is 1.40 bits per heavy atom. The third-order valence-electron chi connectivity index (χ3n) is 2.67. The van der Waals surface area contributed by atoms with Crippen molar-refractivity contribution in [1.29, 1.82) is 0 Å². The predicted molar refractivity (Wildman–Crippen MR) is 62.1 cm³/mol. The zero-order valence-electron chi connectivity index (χ0n) is 8.71. The Balaban J connectivity index is 1.75. The maximum absolute atomic E-state index is 6.05. The van der Waals surface area contributed by atoms with Gasteiger partial charge in [-0.2, -0.15) is 0 Å². The van der Waals surface area contributed by atoms with Gasteiger partial charge in [-0.25, -0.2) is 0 Å². The molecule has 1 aliphatic heterocycles. The van der Waals surface area contributed by atoms with Gasteiger partial charge in [0.25, 0.3) is 0 Å². The van der Waals surface area contributed by atoms with Gasteiger partial charge in [-0.1, -0.05) is 29.8 Å². The lowest BCUT2D eigenvalue weighted by molar-refractivity contribution is 0.110. The zero-order chi connectivity index (χ0) is 10.5. The van der Waals surface area contributed by atoms with E-state index in [2.05, 4.69) is 5.32 Å². The molecule has 0 aromatic heterocycles. The van der Waals surface area contributed by atoms with E-state index in [1.165, 1.54) is 12.8 Å². The van der Waals surface area contributed by atoms with Crippen molar-refractivity contribution in [3.05, 3.63) is 34.9 Å². The minimum atomic E-state index is 0.396. The van der Waals surface area contributed by atoms with E-state index >= 15 is 0 Å². The zero-order valence-corrected chi connectivity index (χ0v) is 9.46. The highest BCUT2D eigenvalue weighted by molar-refractivity contribution is 6.31. The van der Waals surface area contributed by atoms with Crippen LogP contribution in [0, 0.1) is 0 Å². The molecule has 0 unspecified atom stereocenters. The summed E-state index contributed by atoms with van der Waals surface area (Å²) in [6.45, 7) is 2.66. The number of hydrogen-bond acceptors (Lipinski definition) is 2. The molecule has 0 saturated carbocycles. The first-order valence-electron chi connectivity index (χ1n) is 5.42. The minimum Gasteiger partial charge on any atom is -0.377 e. The SMILES string of the molecule is Clc1ccccc1CNC[C@@H]1CCCO1. The lowest BCUT2D eigenvalue weighted by atomic mass is 10.2. The van der Waals surface area contributed by atoms with Gasteiger partial charge in [0.05, 0.1) is 6.10 Å². The first-order chi connectivity index (χ1) is 7.36. The van der Waals surface area contributed by atoms with Crippen LogP contribution in [0.4, 0.5) is 0 Å². The Morgan fingerprint density at radius 3 is 3.00 bits per heavy atom. The number of ether oxygens (including phenoxy) is 1. The van der Waals surface area contributed by atoms with Crippen LogP contribution in [0.3, 0.4) is 0 Å². The quantitative estimate of drug-likeness (QED) is 0.851. The average molecular weight is 226 g/mol. The molecule has 0 spiro atoms. The molecule has 1 aromatic rings. The van der Waals surface area contributed by atoms with E-state index in [0.717, 1.165) is 30.3 Å². The van der Waals surface area contributed by atoms with Gasteiger partial charge in [-0.05, 0) is 24.5 Å². The molecule has 15 heavy (non-hydrogen) atoms. The Kier molecular flexibility index (Phi) is 4.01. The first kappa shape index (κ1) is 10.9. The molecule has 2 nitrogen and oxygen atoms in total. The molecule has 1 fully saturated rings. The van der Waals surface area contributed by atoms with Gasteiger partial charge in [0.1, 0.15) is 0 Å². The number of rotatable bonds is 4. The van der Waals surface area contributed by atoms with E-state index in [1.54, 1.807) is 0 Å². The fraction of sp³-hybridized carbons (Fsp3) is 0.500. The first-order valence-corrected chi connectivity index (χ1v) is 5.80. The van der Waals surface area contributed by atoms with Gasteiger partial charge in [0.2, 0.25) is 0 Å². The van der Waals surface area contributed by atoms with Gasteiger partial charge in [-0.3, -0.25) is 0 Å². The molecule has 1 heterocycles. The second kappa shape index (κ2) is 5.50. The Bertz CT molecular complexity index is 310. The molecule has 3 heteroatoms. The number of halogens is 1. The van der Waals surface area contributed by atoms with E-state index in [-0.39, 0.29) is 0 Å². The number of nitrogens with one attached hydrogen (secondary N) is 1. The van der Waals surface area contributed by atoms with E-state index in [9.17, 15) is 0 Å². The topological polar surface area (TPSA) is 21.3 Å². The van der Waals surface area contributed by atoms with Gasteiger partial charge in [0.15, 0.2) is 0 Å². The van der Waals surface area contributed by atoms with Gasteiger partial charge >= 0.3 is 0 Å². The molecule has 0 radical (unpaired) electrons. The van der Waals surface area contributed by atoms with Crippen molar-refractivity contribution >= 4 is 11.6 Å². The third-order valence-corrected chi connectivity index (χ3v) is 3.04. The van der Waals surface area contributed by atoms with E-state index < -0.39 is 0 Å². The van der Waals surface area contributed by atoms with Crippen molar-refractivity contribution in [2.75, 3.05) is 13.2 Å². The Morgan fingerprint density at radius 2 is 2.27 bits per heavy atom. The van der Waals surface area contributed by atoms with Crippen molar-refractivity contribution < 1.29 is 4.74 Å². The van der Waals surface area contributed by atoms with Crippen LogP contribution in [-0.2, 0) is 11.3 Å². The molecule has 1 aromatic carbocycles. The van der Waals surface area contributed by atoms with Crippen LogP contribution in [0.1, 0.15) is 18.4 Å². The fourth-order valence-electron chi connectivity index (χ4n) is 1.81. The Hall–Kier alpha value is -0.570. The van der Waals surface area contributed by atoms with E-state index in [1.807, 2.05) is 24.3 Å². The fourth-order valence-corrected chi connectivity index (χ4v) is 2.02. The molecular weight excluding hydrogens is 210 g/mol. The normalized spacial score (nSPS) is 20.7. The maximum Gasteiger partial charge on any atom is 0.0700 e. The highest BCUT2D eigenvalue weighted by Gasteiger charge is 2.14. The predicted octanol–water partition coefficient (Wildman–Crippen LogP) is 2.61. The number of benzene rings is 1. The van der Waals surface area contributed by atoms with Crippen molar-refractivity contribution in [3.63, 3.8) is 0 Å². The van der Waals surface area contributed by atoms with Crippen LogP contribution >= 0.6 is 11.6 Å². The molecule has 1 atom stereocenters. The second-order valence-corrected chi connectivity index (χ2v) is 4.26. The molecule has 0 aliphatic carbocycles. The maximum atomic E-state index is 6.05. The molecule has 2 rings (SSSR count).